The first kappa shape index (κ1) is 15.9. The van der Waals surface area contributed by atoms with E-state index < -0.39 is 19.0 Å². The van der Waals surface area contributed by atoms with E-state index in [1.54, 1.807) is 12.1 Å². The molecule has 0 spiro atoms. The number of halogens is 3. The van der Waals surface area contributed by atoms with Crippen LogP contribution in [-0.2, 0) is 4.74 Å². The summed E-state index contributed by atoms with van der Waals surface area (Å²) in [6, 6.07) is 15.9. The van der Waals surface area contributed by atoms with Gasteiger partial charge in [-0.25, -0.2) is 0 Å². The summed E-state index contributed by atoms with van der Waals surface area (Å²) >= 11 is 0. The Balaban J connectivity index is 2.23. The van der Waals surface area contributed by atoms with E-state index >= 15 is 0 Å². The molecule has 4 nitrogen and oxygen atoms in total. The van der Waals surface area contributed by atoms with Crippen molar-refractivity contribution in [2.24, 2.45) is 5.11 Å². The van der Waals surface area contributed by atoms with E-state index in [9.17, 15) is 13.2 Å². The highest BCUT2D eigenvalue weighted by Gasteiger charge is 2.33. The Morgan fingerprint density at radius 1 is 1.00 bits per heavy atom. The van der Waals surface area contributed by atoms with Gasteiger partial charge in [-0.15, -0.1) is 13.2 Å². The number of nitrogens with zero attached hydrogens (tertiary/aromatic N) is 3. The van der Waals surface area contributed by atoms with Gasteiger partial charge in [0.15, 0.2) is 0 Å². The van der Waals surface area contributed by atoms with E-state index in [0.717, 1.165) is 11.1 Å². The molecule has 0 amide bonds. The van der Waals surface area contributed by atoms with Gasteiger partial charge in [0.05, 0.1) is 12.6 Å². The van der Waals surface area contributed by atoms with Gasteiger partial charge in [-0.2, -0.15) is 0 Å². The van der Waals surface area contributed by atoms with Crippen LogP contribution in [0, 0.1) is 0 Å². The fraction of sp³-hybridized carbons (Fsp3) is 0.200. The van der Waals surface area contributed by atoms with E-state index in [2.05, 4.69) is 14.8 Å². The second kappa shape index (κ2) is 6.98. The second-order valence-corrected chi connectivity index (χ2v) is 4.45. The van der Waals surface area contributed by atoms with Gasteiger partial charge in [0, 0.05) is 4.91 Å². The summed E-state index contributed by atoms with van der Waals surface area (Å²) in [4.78, 5) is 2.47. The molecule has 0 radical (unpaired) electrons. The van der Waals surface area contributed by atoms with Crippen LogP contribution < -0.4 is 0 Å². The van der Waals surface area contributed by atoms with Crippen LogP contribution in [-0.4, -0.2) is 12.9 Å². The first-order valence-corrected chi connectivity index (χ1v) is 6.40. The minimum absolute atomic E-state index is 0.296. The number of hydrogen-bond donors (Lipinski definition) is 0. The van der Waals surface area contributed by atoms with Gasteiger partial charge in [-0.1, -0.05) is 59.7 Å². The smallest absolute Gasteiger partial charge is 0.284 e. The average Bonchev–Trinajstić information content (AvgIpc) is 2.51. The predicted octanol–water partition coefficient (Wildman–Crippen LogP) is 5.24. The summed E-state index contributed by atoms with van der Waals surface area (Å²) in [5, 5.41) is 3.17. The number of hydrogen-bond acceptors (Lipinski definition) is 2. The molecule has 2 aromatic rings. The van der Waals surface area contributed by atoms with Gasteiger partial charge >= 0.3 is 6.36 Å². The Morgan fingerprint density at radius 3 is 2.14 bits per heavy atom. The van der Waals surface area contributed by atoms with E-state index in [0.29, 0.717) is 5.56 Å². The lowest BCUT2D eigenvalue weighted by Gasteiger charge is -2.18. The van der Waals surface area contributed by atoms with Crippen LogP contribution in [0.15, 0.2) is 59.7 Å². The molecule has 0 bridgehead atoms. The highest BCUT2D eigenvalue weighted by atomic mass is 19.4. The van der Waals surface area contributed by atoms with Crippen LogP contribution in [0.2, 0.25) is 0 Å². The quantitative estimate of drug-likeness (QED) is 0.423. The molecule has 0 N–H and O–H groups in total. The summed E-state index contributed by atoms with van der Waals surface area (Å²) < 4.78 is 41.2. The van der Waals surface area contributed by atoms with Crippen molar-refractivity contribution in [1.82, 2.24) is 0 Å². The van der Waals surface area contributed by atoms with E-state index in [1.807, 2.05) is 30.3 Å². The molecule has 2 rings (SSSR count). The molecule has 0 aliphatic carbocycles. The Labute approximate surface area is 124 Å². The van der Waals surface area contributed by atoms with Crippen LogP contribution in [0.5, 0.6) is 0 Å². The van der Waals surface area contributed by atoms with E-state index in [4.69, 9.17) is 5.53 Å². The van der Waals surface area contributed by atoms with Gasteiger partial charge in [0.1, 0.15) is 0 Å². The third kappa shape index (κ3) is 4.51. The van der Waals surface area contributed by atoms with Crippen molar-refractivity contribution in [1.29, 1.82) is 0 Å². The maximum Gasteiger partial charge on any atom is 0.523 e. The third-order valence-electron chi connectivity index (χ3n) is 2.98. The summed E-state index contributed by atoms with van der Waals surface area (Å²) in [6.07, 6.45) is -6.16. The molecule has 0 heterocycles. The van der Waals surface area contributed by atoms with Crippen LogP contribution in [0.3, 0.4) is 0 Å². The molecule has 0 aromatic heterocycles. The van der Waals surface area contributed by atoms with E-state index in [-0.39, 0.29) is 0 Å². The van der Waals surface area contributed by atoms with Gasteiger partial charge in [0.25, 0.3) is 0 Å². The topological polar surface area (TPSA) is 58.0 Å². The molecular weight excluding hydrogens is 295 g/mol. The molecule has 0 fully saturated rings. The average molecular weight is 307 g/mol. The monoisotopic (exact) mass is 307 g/mol. The van der Waals surface area contributed by atoms with Crippen molar-refractivity contribution in [3.05, 3.63) is 70.6 Å². The van der Waals surface area contributed by atoms with Gasteiger partial charge in [-0.3, -0.25) is 4.74 Å². The molecule has 114 valence electrons. The molecule has 1 atom stereocenters. The Morgan fingerprint density at radius 2 is 1.59 bits per heavy atom. The number of benzene rings is 2. The fourth-order valence-electron chi connectivity index (χ4n) is 2.00. The molecule has 0 saturated carbocycles. The Kier molecular flexibility index (Phi) is 5.04. The summed E-state index contributed by atoms with van der Waals surface area (Å²) in [7, 11) is 0. The molecule has 1 unspecified atom stereocenters. The summed E-state index contributed by atoms with van der Waals surface area (Å²) in [5.41, 5.74) is 10.4. The lowest BCUT2D eigenvalue weighted by atomic mass is 10.0. The van der Waals surface area contributed by atoms with Crippen molar-refractivity contribution < 1.29 is 17.9 Å². The van der Waals surface area contributed by atoms with Crippen molar-refractivity contribution in [3.63, 3.8) is 0 Å². The molecule has 0 aliphatic heterocycles. The van der Waals surface area contributed by atoms with Gasteiger partial charge in [0.2, 0.25) is 0 Å². The Bertz CT molecular complexity index is 650. The van der Waals surface area contributed by atoms with Gasteiger partial charge < -0.3 is 0 Å². The van der Waals surface area contributed by atoms with Crippen molar-refractivity contribution in [3.8, 4) is 11.1 Å². The standard InChI is InChI=1S/C15H12F3N3O/c16-15(17,18)22-14(10-20-21-19)13-8-6-12(7-9-13)11-4-2-1-3-5-11/h1-9,14H,10H2. The third-order valence-corrected chi connectivity index (χ3v) is 2.98. The maximum absolute atomic E-state index is 12.4. The molecule has 0 saturated heterocycles. The van der Waals surface area contributed by atoms with Gasteiger partial charge in [-0.05, 0) is 22.2 Å². The minimum Gasteiger partial charge on any atom is -0.284 e. The van der Waals surface area contributed by atoms with E-state index in [1.165, 1.54) is 12.1 Å². The number of ether oxygens (including phenoxy) is 1. The van der Waals surface area contributed by atoms with Crippen molar-refractivity contribution >= 4 is 0 Å². The highest BCUT2D eigenvalue weighted by Crippen LogP contribution is 2.29. The highest BCUT2D eigenvalue weighted by molar-refractivity contribution is 5.63. The normalized spacial score (nSPS) is 12.5. The summed E-state index contributed by atoms with van der Waals surface area (Å²) in [6.45, 7) is -0.430. The lowest BCUT2D eigenvalue weighted by Crippen LogP contribution is -2.20. The Hall–Kier alpha value is -2.50. The molecule has 22 heavy (non-hydrogen) atoms. The van der Waals surface area contributed by atoms with Crippen LogP contribution in [0.25, 0.3) is 21.6 Å². The maximum atomic E-state index is 12.4. The lowest BCUT2D eigenvalue weighted by molar-refractivity contribution is -0.343. The SMILES string of the molecule is [N-]=[N+]=NCC(OC(F)(F)F)c1ccc(-c2ccccc2)cc1. The zero-order valence-corrected chi connectivity index (χ0v) is 11.4. The van der Waals surface area contributed by atoms with Crippen LogP contribution in [0.4, 0.5) is 13.2 Å². The fourth-order valence-corrected chi connectivity index (χ4v) is 2.00. The second-order valence-electron chi connectivity index (χ2n) is 4.45. The van der Waals surface area contributed by atoms with Crippen molar-refractivity contribution in [2.75, 3.05) is 6.54 Å². The molecule has 2 aromatic carbocycles. The van der Waals surface area contributed by atoms with Crippen LogP contribution in [0.1, 0.15) is 11.7 Å². The zero-order chi connectivity index (χ0) is 16.0. The van der Waals surface area contributed by atoms with Crippen LogP contribution >= 0.6 is 0 Å². The zero-order valence-electron chi connectivity index (χ0n) is 11.4. The number of alkyl halides is 3. The largest absolute Gasteiger partial charge is 0.523 e. The molecular formula is C15H12F3N3O. The first-order valence-electron chi connectivity index (χ1n) is 6.40. The minimum atomic E-state index is -4.80. The number of azide groups is 1. The predicted molar refractivity (Wildman–Crippen MR) is 75.8 cm³/mol. The first-order chi connectivity index (χ1) is 10.5. The number of rotatable bonds is 5. The molecule has 7 heteroatoms. The molecule has 0 aliphatic rings. The van der Waals surface area contributed by atoms with Crippen molar-refractivity contribution in [2.45, 2.75) is 12.5 Å². The summed E-state index contributed by atoms with van der Waals surface area (Å²) in [5.74, 6) is 0.